The van der Waals surface area contributed by atoms with Crippen molar-refractivity contribution in [3.8, 4) is 0 Å². The molecule has 2 aromatic carbocycles. The Balaban J connectivity index is 1.77. The van der Waals surface area contributed by atoms with Crippen molar-refractivity contribution in [3.05, 3.63) is 48.5 Å². The average Bonchev–Trinajstić information content (AvgIpc) is 2.93. The summed E-state index contributed by atoms with van der Waals surface area (Å²) in [4.78, 5) is 4.90. The van der Waals surface area contributed by atoms with Gasteiger partial charge < -0.3 is 15.6 Å². The first-order chi connectivity index (χ1) is 12.4. The van der Waals surface area contributed by atoms with Crippen molar-refractivity contribution in [3.63, 3.8) is 0 Å². The van der Waals surface area contributed by atoms with Gasteiger partial charge in [-0.25, -0.2) is 4.98 Å². The number of aromatic nitrogens is 2. The minimum Gasteiger partial charge on any atom is -0.399 e. The summed E-state index contributed by atoms with van der Waals surface area (Å²) in [6.07, 6.45) is 3.66. The van der Waals surface area contributed by atoms with E-state index in [2.05, 4.69) is 54.9 Å². The Morgan fingerprint density at radius 2 is 1.81 bits per heavy atom. The van der Waals surface area contributed by atoms with Crippen LogP contribution in [-0.2, 0) is 0 Å². The number of nitrogens with one attached hydrogen (secondary N) is 1. The smallest absolute Gasteiger partial charge is 0.208 e. The molecule has 4 heteroatoms. The SMILES string of the molecule is C[C@H]1C[C@@H](n2c(Nc3ccc(N)cc3)nc3ccccc32)CC(C)(C)C1. The maximum absolute atomic E-state index is 5.82. The van der Waals surface area contributed by atoms with Gasteiger partial charge in [-0.1, -0.05) is 32.9 Å². The van der Waals surface area contributed by atoms with Crippen molar-refractivity contribution in [2.45, 2.75) is 46.1 Å². The van der Waals surface area contributed by atoms with Gasteiger partial charge in [0.05, 0.1) is 11.0 Å². The number of nitrogens with zero attached hydrogens (tertiary/aromatic N) is 2. The van der Waals surface area contributed by atoms with Gasteiger partial charge in [0.15, 0.2) is 0 Å². The van der Waals surface area contributed by atoms with Gasteiger partial charge in [-0.2, -0.15) is 0 Å². The Labute approximate surface area is 155 Å². The zero-order valence-corrected chi connectivity index (χ0v) is 15.9. The third kappa shape index (κ3) is 3.28. The van der Waals surface area contributed by atoms with Crippen molar-refractivity contribution in [1.29, 1.82) is 0 Å². The fraction of sp³-hybridized carbons (Fsp3) is 0.409. The third-order valence-electron chi connectivity index (χ3n) is 5.49. The van der Waals surface area contributed by atoms with Crippen molar-refractivity contribution < 1.29 is 0 Å². The van der Waals surface area contributed by atoms with Crippen LogP contribution in [0.2, 0.25) is 0 Å². The summed E-state index contributed by atoms with van der Waals surface area (Å²) in [5.74, 6) is 1.64. The highest BCUT2D eigenvalue weighted by atomic mass is 15.2. The first-order valence-corrected chi connectivity index (χ1v) is 9.51. The van der Waals surface area contributed by atoms with Crippen LogP contribution in [0, 0.1) is 11.3 Å². The van der Waals surface area contributed by atoms with E-state index in [0.29, 0.717) is 17.4 Å². The third-order valence-corrected chi connectivity index (χ3v) is 5.49. The van der Waals surface area contributed by atoms with E-state index in [4.69, 9.17) is 10.7 Å². The van der Waals surface area contributed by atoms with Crippen LogP contribution in [0.5, 0.6) is 0 Å². The van der Waals surface area contributed by atoms with Gasteiger partial charge in [0, 0.05) is 17.4 Å². The molecule has 0 radical (unpaired) electrons. The van der Waals surface area contributed by atoms with Gasteiger partial charge in [0.25, 0.3) is 0 Å². The summed E-state index contributed by atoms with van der Waals surface area (Å²) in [5, 5.41) is 3.52. The lowest BCUT2D eigenvalue weighted by molar-refractivity contribution is 0.140. The summed E-state index contributed by atoms with van der Waals surface area (Å²) in [5.41, 5.74) is 10.2. The zero-order chi connectivity index (χ0) is 18.3. The van der Waals surface area contributed by atoms with E-state index in [1.54, 1.807) is 0 Å². The maximum Gasteiger partial charge on any atom is 0.208 e. The molecule has 136 valence electrons. The van der Waals surface area contributed by atoms with E-state index in [9.17, 15) is 0 Å². The average molecular weight is 348 g/mol. The molecule has 3 aromatic rings. The lowest BCUT2D eigenvalue weighted by atomic mass is 9.70. The molecular formula is C22H28N4. The van der Waals surface area contributed by atoms with Crippen molar-refractivity contribution in [1.82, 2.24) is 9.55 Å². The van der Waals surface area contributed by atoms with Gasteiger partial charge in [0.1, 0.15) is 0 Å². The van der Waals surface area contributed by atoms with Crippen molar-refractivity contribution in [2.24, 2.45) is 11.3 Å². The van der Waals surface area contributed by atoms with Gasteiger partial charge in [-0.3, -0.25) is 0 Å². The minimum atomic E-state index is 0.353. The highest BCUT2D eigenvalue weighted by molar-refractivity contribution is 5.80. The Hall–Kier alpha value is -2.49. The molecule has 3 N–H and O–H groups in total. The summed E-state index contributed by atoms with van der Waals surface area (Å²) in [6.45, 7) is 7.16. The number of anilines is 3. The first-order valence-electron chi connectivity index (χ1n) is 9.51. The molecule has 2 atom stereocenters. The van der Waals surface area contributed by atoms with Crippen LogP contribution in [0.4, 0.5) is 17.3 Å². The molecule has 0 aliphatic heterocycles. The summed E-state index contributed by atoms with van der Waals surface area (Å²) in [7, 11) is 0. The van der Waals surface area contributed by atoms with Crippen molar-refractivity contribution in [2.75, 3.05) is 11.1 Å². The van der Waals surface area contributed by atoms with Crippen LogP contribution in [-0.4, -0.2) is 9.55 Å². The van der Waals surface area contributed by atoms with Crippen LogP contribution >= 0.6 is 0 Å². The van der Waals surface area contributed by atoms with Crippen LogP contribution in [0.1, 0.15) is 46.1 Å². The van der Waals surface area contributed by atoms with Crippen LogP contribution in [0.15, 0.2) is 48.5 Å². The Kier molecular flexibility index (Phi) is 4.14. The second-order valence-electron chi connectivity index (χ2n) is 8.61. The standard InChI is InChI=1S/C22H28N4/c1-15-12-18(14-22(2,3)13-15)26-20-7-5-4-6-19(20)25-21(26)24-17-10-8-16(23)9-11-17/h4-11,15,18H,12-14,23H2,1-3H3,(H,24,25)/t15-,18+/m0/s1. The van der Waals surface area contributed by atoms with Gasteiger partial charge in [-0.15, -0.1) is 0 Å². The molecule has 1 fully saturated rings. The number of para-hydroxylation sites is 2. The van der Waals surface area contributed by atoms with Crippen LogP contribution in [0.25, 0.3) is 11.0 Å². The second-order valence-corrected chi connectivity index (χ2v) is 8.61. The van der Waals surface area contributed by atoms with Gasteiger partial charge in [-0.05, 0) is 67.0 Å². The van der Waals surface area contributed by atoms with E-state index in [1.165, 1.54) is 24.8 Å². The second kappa shape index (κ2) is 6.35. The number of imidazole rings is 1. The molecule has 0 amide bonds. The summed E-state index contributed by atoms with van der Waals surface area (Å²) in [6, 6.07) is 16.7. The Bertz CT molecular complexity index is 908. The molecular weight excluding hydrogens is 320 g/mol. The first kappa shape index (κ1) is 17.0. The van der Waals surface area contributed by atoms with Crippen molar-refractivity contribution >= 4 is 28.4 Å². The molecule has 1 aromatic heterocycles. The highest BCUT2D eigenvalue weighted by Gasteiger charge is 2.34. The molecule has 1 heterocycles. The molecule has 0 spiro atoms. The number of rotatable bonds is 3. The predicted molar refractivity (Wildman–Crippen MR) is 110 cm³/mol. The maximum atomic E-state index is 5.82. The Morgan fingerprint density at radius 3 is 2.54 bits per heavy atom. The van der Waals surface area contributed by atoms with E-state index < -0.39 is 0 Å². The fourth-order valence-corrected chi connectivity index (χ4v) is 4.69. The number of nitrogen functional groups attached to an aromatic ring is 1. The number of fused-ring (bicyclic) bond motifs is 1. The van der Waals surface area contributed by atoms with Crippen LogP contribution < -0.4 is 11.1 Å². The highest BCUT2D eigenvalue weighted by Crippen LogP contribution is 2.45. The number of benzene rings is 2. The van der Waals surface area contributed by atoms with E-state index >= 15 is 0 Å². The quantitative estimate of drug-likeness (QED) is 0.593. The molecule has 1 aliphatic carbocycles. The summed E-state index contributed by atoms with van der Waals surface area (Å²) < 4.78 is 2.42. The molecule has 0 bridgehead atoms. The van der Waals surface area contributed by atoms with Crippen LogP contribution in [0.3, 0.4) is 0 Å². The van der Waals surface area contributed by atoms with E-state index in [0.717, 1.165) is 22.8 Å². The molecule has 0 unspecified atom stereocenters. The molecule has 26 heavy (non-hydrogen) atoms. The molecule has 4 nitrogen and oxygen atoms in total. The van der Waals surface area contributed by atoms with Gasteiger partial charge in [0.2, 0.25) is 5.95 Å². The Morgan fingerprint density at radius 1 is 1.08 bits per heavy atom. The fourth-order valence-electron chi connectivity index (χ4n) is 4.69. The lowest BCUT2D eigenvalue weighted by Crippen LogP contribution is -2.29. The van der Waals surface area contributed by atoms with Gasteiger partial charge >= 0.3 is 0 Å². The van der Waals surface area contributed by atoms with E-state index in [-0.39, 0.29) is 0 Å². The molecule has 0 saturated heterocycles. The van der Waals surface area contributed by atoms with E-state index in [1.807, 2.05) is 24.3 Å². The lowest BCUT2D eigenvalue weighted by Gasteiger charge is -2.40. The predicted octanol–water partition coefficient (Wildman–Crippen LogP) is 5.75. The number of nitrogens with two attached hydrogens (primary N) is 1. The summed E-state index contributed by atoms with van der Waals surface area (Å²) >= 11 is 0. The molecule has 1 aliphatic rings. The largest absolute Gasteiger partial charge is 0.399 e. The molecule has 4 rings (SSSR count). The minimum absolute atomic E-state index is 0.353. The monoisotopic (exact) mass is 348 g/mol. The normalized spacial score (nSPS) is 22.4. The molecule has 1 saturated carbocycles. The topological polar surface area (TPSA) is 55.9 Å². The number of hydrogen-bond donors (Lipinski definition) is 2. The number of hydrogen-bond acceptors (Lipinski definition) is 3. The zero-order valence-electron chi connectivity index (χ0n) is 15.9.